The lowest BCUT2D eigenvalue weighted by molar-refractivity contribution is -0.764. The van der Waals surface area contributed by atoms with Crippen molar-refractivity contribution in [3.05, 3.63) is 59.3 Å². The molecule has 0 spiro atoms. The zero-order valence-corrected chi connectivity index (χ0v) is 10.7. The van der Waals surface area contributed by atoms with Crippen LogP contribution >= 0.6 is 0 Å². The summed E-state index contributed by atoms with van der Waals surface area (Å²) in [4.78, 5) is 21.4. The summed E-state index contributed by atoms with van der Waals surface area (Å²) in [6, 6.07) is 13.8. The summed E-state index contributed by atoms with van der Waals surface area (Å²) in [5, 5.41) is 0. The lowest BCUT2D eigenvalue weighted by Crippen LogP contribution is -2.22. The van der Waals surface area contributed by atoms with Crippen LogP contribution < -0.4 is 4.84 Å². The molecular formula is C15H12N3O2+. The summed E-state index contributed by atoms with van der Waals surface area (Å²) in [5.41, 5.74) is 4.11. The Hall–Kier alpha value is -2.69. The Kier molecular flexibility index (Phi) is 2.32. The van der Waals surface area contributed by atoms with Gasteiger partial charge in [0.15, 0.2) is 0 Å². The average molecular weight is 266 g/mol. The molecule has 0 saturated carbocycles. The van der Waals surface area contributed by atoms with Gasteiger partial charge in [-0.3, -0.25) is 4.57 Å². The van der Waals surface area contributed by atoms with Crippen LogP contribution in [0.1, 0.15) is 5.56 Å². The van der Waals surface area contributed by atoms with Crippen molar-refractivity contribution < 1.29 is 9.76 Å². The van der Waals surface area contributed by atoms with Gasteiger partial charge in [0.05, 0.1) is 15.9 Å². The zero-order valence-electron chi connectivity index (χ0n) is 10.7. The number of hydrogen-bond acceptors (Lipinski definition) is 3. The summed E-state index contributed by atoms with van der Waals surface area (Å²) >= 11 is 0. The predicted molar refractivity (Wildman–Crippen MR) is 73.9 cm³/mol. The second kappa shape index (κ2) is 4.16. The van der Waals surface area contributed by atoms with E-state index in [0.717, 1.165) is 22.3 Å². The average Bonchev–Trinajstić information content (AvgIpc) is 2.91. The number of aromatic nitrogens is 2. The Morgan fingerprint density at radius 2 is 2.10 bits per heavy atom. The zero-order chi connectivity index (χ0) is 13.5. The van der Waals surface area contributed by atoms with E-state index in [1.54, 1.807) is 0 Å². The van der Waals surface area contributed by atoms with Crippen LogP contribution in [0, 0.1) is 4.91 Å². The van der Waals surface area contributed by atoms with Crippen LogP contribution in [0.15, 0.2) is 48.8 Å². The minimum Gasteiger partial charge on any atom is -0.299 e. The minimum absolute atomic E-state index is 0.362. The standard InChI is InChI=1S/C15H12N3O2/c19-18-8-7-11-9-12(5-6-15(11)20-18)17-10-16-13-3-1-2-4-14(13)17/h1-6,9-10H,7-8H2/q+1. The Morgan fingerprint density at radius 3 is 3.05 bits per heavy atom. The molecule has 0 saturated heterocycles. The van der Waals surface area contributed by atoms with Gasteiger partial charge in [-0.1, -0.05) is 12.1 Å². The first-order valence-electron chi connectivity index (χ1n) is 6.49. The van der Waals surface area contributed by atoms with Gasteiger partial charge in [-0.25, -0.2) is 4.98 Å². The highest BCUT2D eigenvalue weighted by Gasteiger charge is 2.23. The molecule has 1 aliphatic rings. The maximum absolute atomic E-state index is 11.2. The summed E-state index contributed by atoms with van der Waals surface area (Å²) in [6.45, 7) is 0.362. The smallest absolute Gasteiger partial charge is 0.253 e. The van der Waals surface area contributed by atoms with Gasteiger partial charge < -0.3 is 0 Å². The Balaban J connectivity index is 1.85. The number of benzene rings is 2. The molecule has 4 rings (SSSR count). The highest BCUT2D eigenvalue weighted by Crippen LogP contribution is 2.27. The van der Waals surface area contributed by atoms with Crippen molar-refractivity contribution in [1.82, 2.24) is 9.55 Å². The SMILES string of the molecule is O=[N+]1CCc2cc(-n3cnc4ccccc43)ccc2O1. The van der Waals surface area contributed by atoms with Crippen molar-refractivity contribution in [3.63, 3.8) is 0 Å². The molecule has 0 N–H and O–H groups in total. The lowest BCUT2D eigenvalue weighted by atomic mass is 10.1. The van der Waals surface area contributed by atoms with E-state index in [4.69, 9.17) is 4.84 Å². The van der Waals surface area contributed by atoms with Gasteiger partial charge in [-0.05, 0) is 30.3 Å². The van der Waals surface area contributed by atoms with Crippen molar-refractivity contribution in [2.75, 3.05) is 6.54 Å². The number of hydrogen-bond donors (Lipinski definition) is 0. The molecule has 2 heterocycles. The normalized spacial score (nSPS) is 14.1. The molecule has 5 heteroatoms. The van der Waals surface area contributed by atoms with Gasteiger partial charge >= 0.3 is 0 Å². The van der Waals surface area contributed by atoms with Gasteiger partial charge in [0.2, 0.25) is 10.7 Å². The van der Waals surface area contributed by atoms with E-state index >= 15 is 0 Å². The van der Waals surface area contributed by atoms with Crippen LogP contribution in [0.4, 0.5) is 0 Å². The molecule has 0 fully saturated rings. The summed E-state index contributed by atoms with van der Waals surface area (Å²) in [5.74, 6) is 0.638. The number of rotatable bonds is 1. The first kappa shape index (κ1) is 11.2. The van der Waals surface area contributed by atoms with Crippen molar-refractivity contribution in [2.24, 2.45) is 0 Å². The van der Waals surface area contributed by atoms with E-state index in [1.807, 2.05) is 47.3 Å². The van der Waals surface area contributed by atoms with Crippen molar-refractivity contribution >= 4 is 11.0 Å². The monoisotopic (exact) mass is 266 g/mol. The minimum atomic E-state index is 0.362. The fourth-order valence-electron chi connectivity index (χ4n) is 2.53. The van der Waals surface area contributed by atoms with E-state index in [9.17, 15) is 4.91 Å². The highest BCUT2D eigenvalue weighted by atomic mass is 16.8. The summed E-state index contributed by atoms with van der Waals surface area (Å²) in [6.07, 6.45) is 2.51. The molecule has 0 unspecified atom stereocenters. The molecule has 0 radical (unpaired) electrons. The largest absolute Gasteiger partial charge is 0.299 e. The first-order valence-corrected chi connectivity index (χ1v) is 6.49. The maximum Gasteiger partial charge on any atom is 0.253 e. The van der Waals surface area contributed by atoms with Gasteiger partial charge in [0, 0.05) is 17.7 Å². The van der Waals surface area contributed by atoms with Crippen LogP contribution in [-0.2, 0) is 6.42 Å². The molecule has 0 atom stereocenters. The Labute approximate surface area is 115 Å². The lowest BCUT2D eigenvalue weighted by Gasteiger charge is -2.11. The van der Waals surface area contributed by atoms with E-state index in [1.165, 1.54) is 0 Å². The molecular weight excluding hydrogens is 254 g/mol. The third kappa shape index (κ3) is 1.67. The first-order chi connectivity index (χ1) is 9.81. The van der Waals surface area contributed by atoms with E-state index in [-0.39, 0.29) is 0 Å². The summed E-state index contributed by atoms with van der Waals surface area (Å²) in [7, 11) is 0. The van der Waals surface area contributed by atoms with E-state index in [0.29, 0.717) is 23.6 Å². The van der Waals surface area contributed by atoms with Crippen molar-refractivity contribution in [1.29, 1.82) is 0 Å². The molecule has 0 bridgehead atoms. The topological polar surface area (TPSA) is 47.1 Å². The highest BCUT2D eigenvalue weighted by molar-refractivity contribution is 5.77. The summed E-state index contributed by atoms with van der Waals surface area (Å²) < 4.78 is 2.04. The van der Waals surface area contributed by atoms with Gasteiger partial charge in [0.1, 0.15) is 6.33 Å². The number of fused-ring (bicyclic) bond motifs is 2. The second-order valence-electron chi connectivity index (χ2n) is 4.79. The van der Waals surface area contributed by atoms with E-state index < -0.39 is 0 Å². The number of para-hydroxylation sites is 2. The van der Waals surface area contributed by atoms with Gasteiger partial charge in [-0.2, -0.15) is 4.84 Å². The van der Waals surface area contributed by atoms with Gasteiger partial charge in [0.25, 0.3) is 6.54 Å². The van der Waals surface area contributed by atoms with Crippen LogP contribution in [0.2, 0.25) is 0 Å². The molecule has 0 amide bonds. The van der Waals surface area contributed by atoms with Crippen molar-refractivity contribution in [3.8, 4) is 11.4 Å². The fourth-order valence-corrected chi connectivity index (χ4v) is 2.53. The second-order valence-corrected chi connectivity index (χ2v) is 4.79. The van der Waals surface area contributed by atoms with Crippen molar-refractivity contribution in [2.45, 2.75) is 6.42 Å². The third-order valence-electron chi connectivity index (χ3n) is 3.54. The predicted octanol–water partition coefficient (Wildman–Crippen LogP) is 2.65. The Bertz CT molecular complexity index is 823. The van der Waals surface area contributed by atoms with Crippen LogP contribution in [0.3, 0.4) is 0 Å². The quantitative estimate of drug-likeness (QED) is 0.680. The molecule has 0 aliphatic carbocycles. The molecule has 3 aromatic rings. The van der Waals surface area contributed by atoms with Crippen LogP contribution in [0.5, 0.6) is 5.75 Å². The van der Waals surface area contributed by atoms with Crippen LogP contribution in [0.25, 0.3) is 16.7 Å². The molecule has 5 nitrogen and oxygen atoms in total. The molecule has 1 aromatic heterocycles. The number of nitrogens with zero attached hydrogens (tertiary/aromatic N) is 3. The fraction of sp³-hybridized carbons (Fsp3) is 0.133. The third-order valence-corrected chi connectivity index (χ3v) is 3.54. The number of imidazole rings is 1. The molecule has 2 aromatic carbocycles. The van der Waals surface area contributed by atoms with E-state index in [2.05, 4.69) is 11.1 Å². The Morgan fingerprint density at radius 1 is 1.20 bits per heavy atom. The molecule has 1 aliphatic heterocycles. The van der Waals surface area contributed by atoms with Gasteiger partial charge in [-0.15, -0.1) is 0 Å². The maximum atomic E-state index is 11.2. The van der Waals surface area contributed by atoms with Crippen LogP contribution in [-0.4, -0.2) is 21.0 Å². The molecule has 98 valence electrons. The molecule has 20 heavy (non-hydrogen) atoms.